The Kier molecular flexibility index (Phi) is 4.30. The normalized spacial score (nSPS) is 10.3. The number of aromatic nitrogens is 3. The maximum Gasteiger partial charge on any atom is 0.277 e. The minimum atomic E-state index is -0.0958. The van der Waals surface area contributed by atoms with Crippen LogP contribution >= 0.6 is 11.8 Å². The molecule has 0 saturated heterocycles. The Labute approximate surface area is 108 Å². The minimum absolute atomic E-state index is 0.0958. The predicted molar refractivity (Wildman–Crippen MR) is 65.8 cm³/mol. The molecule has 0 aliphatic rings. The van der Waals surface area contributed by atoms with Crippen molar-refractivity contribution in [3.05, 3.63) is 36.0 Å². The fourth-order valence-corrected chi connectivity index (χ4v) is 1.84. The third-order valence-corrected chi connectivity index (χ3v) is 2.85. The van der Waals surface area contributed by atoms with Crippen LogP contribution in [0, 0.1) is 6.92 Å². The summed E-state index contributed by atoms with van der Waals surface area (Å²) in [5.74, 6) is 0.641. The molecule has 0 fully saturated rings. The van der Waals surface area contributed by atoms with Crippen molar-refractivity contribution in [1.82, 2.24) is 20.5 Å². The number of hydrogen-bond acceptors (Lipinski definition) is 6. The van der Waals surface area contributed by atoms with Gasteiger partial charge >= 0.3 is 0 Å². The number of hydrogen-bond donors (Lipinski definition) is 1. The summed E-state index contributed by atoms with van der Waals surface area (Å²) in [6.07, 6.45) is 1.69. The largest absolute Gasteiger partial charge is 0.416 e. The van der Waals surface area contributed by atoms with E-state index in [1.54, 1.807) is 13.1 Å². The van der Waals surface area contributed by atoms with Gasteiger partial charge in [-0.05, 0) is 12.1 Å². The molecule has 0 saturated carbocycles. The van der Waals surface area contributed by atoms with E-state index in [9.17, 15) is 4.79 Å². The molecule has 0 radical (unpaired) electrons. The molecule has 94 valence electrons. The second-order valence-corrected chi connectivity index (χ2v) is 4.40. The highest BCUT2D eigenvalue weighted by atomic mass is 32.2. The molecule has 2 aromatic heterocycles. The van der Waals surface area contributed by atoms with Gasteiger partial charge in [0.05, 0.1) is 18.0 Å². The van der Waals surface area contributed by atoms with Crippen molar-refractivity contribution in [2.24, 2.45) is 0 Å². The quantitative estimate of drug-likeness (QED) is 0.817. The second kappa shape index (κ2) is 6.15. The lowest BCUT2D eigenvalue weighted by molar-refractivity contribution is -0.118. The van der Waals surface area contributed by atoms with Crippen molar-refractivity contribution in [2.45, 2.75) is 18.7 Å². The molecule has 0 aliphatic heterocycles. The van der Waals surface area contributed by atoms with Gasteiger partial charge in [-0.1, -0.05) is 17.8 Å². The molecule has 0 bridgehead atoms. The summed E-state index contributed by atoms with van der Waals surface area (Å²) >= 11 is 1.21. The fraction of sp³-hybridized carbons (Fsp3) is 0.273. The summed E-state index contributed by atoms with van der Waals surface area (Å²) < 4.78 is 5.15. The molecule has 1 amide bonds. The van der Waals surface area contributed by atoms with Gasteiger partial charge in [-0.2, -0.15) is 0 Å². The molecule has 0 aliphatic carbocycles. The van der Waals surface area contributed by atoms with Gasteiger partial charge in [-0.15, -0.1) is 10.2 Å². The number of nitrogens with zero attached hydrogens (tertiary/aromatic N) is 3. The van der Waals surface area contributed by atoms with Crippen LogP contribution < -0.4 is 5.32 Å². The molecule has 0 spiro atoms. The number of nitrogens with one attached hydrogen (secondary N) is 1. The third kappa shape index (κ3) is 3.85. The lowest BCUT2D eigenvalue weighted by atomic mass is 10.3. The third-order valence-electron chi connectivity index (χ3n) is 2.03. The molecule has 1 N–H and O–H groups in total. The van der Waals surface area contributed by atoms with E-state index in [1.807, 2.05) is 18.2 Å². The zero-order valence-corrected chi connectivity index (χ0v) is 10.6. The Hall–Kier alpha value is -1.89. The summed E-state index contributed by atoms with van der Waals surface area (Å²) in [6, 6.07) is 5.57. The number of carbonyl (C=O) groups excluding carboxylic acids is 1. The van der Waals surface area contributed by atoms with E-state index < -0.39 is 0 Å². The van der Waals surface area contributed by atoms with Gasteiger partial charge in [-0.25, -0.2) is 0 Å². The SMILES string of the molecule is Cc1nnc(SCC(=O)NCc2ccccn2)o1. The Morgan fingerprint density at radius 1 is 1.44 bits per heavy atom. The maximum absolute atomic E-state index is 11.5. The first-order valence-electron chi connectivity index (χ1n) is 5.33. The van der Waals surface area contributed by atoms with Crippen LogP contribution in [0.2, 0.25) is 0 Å². The van der Waals surface area contributed by atoms with E-state index in [1.165, 1.54) is 11.8 Å². The van der Waals surface area contributed by atoms with E-state index in [-0.39, 0.29) is 11.7 Å². The Bertz CT molecular complexity index is 515. The maximum atomic E-state index is 11.5. The van der Waals surface area contributed by atoms with E-state index in [4.69, 9.17) is 4.42 Å². The number of rotatable bonds is 5. The fourth-order valence-electron chi connectivity index (χ4n) is 1.21. The summed E-state index contributed by atoms with van der Waals surface area (Å²) in [7, 11) is 0. The standard InChI is InChI=1S/C11H12N4O2S/c1-8-14-15-11(17-8)18-7-10(16)13-6-9-4-2-3-5-12-9/h2-5H,6-7H2,1H3,(H,13,16). The van der Waals surface area contributed by atoms with E-state index in [2.05, 4.69) is 20.5 Å². The zero-order valence-electron chi connectivity index (χ0n) is 9.79. The number of pyridine rings is 1. The summed E-state index contributed by atoms with van der Waals surface area (Å²) in [6.45, 7) is 2.13. The Morgan fingerprint density at radius 3 is 3.00 bits per heavy atom. The second-order valence-electron chi connectivity index (χ2n) is 3.47. The van der Waals surface area contributed by atoms with Crippen LogP contribution in [-0.2, 0) is 11.3 Å². The molecule has 2 heterocycles. The van der Waals surface area contributed by atoms with Gasteiger partial charge < -0.3 is 9.73 Å². The summed E-state index contributed by atoms with van der Waals surface area (Å²) in [5, 5.41) is 10.6. The average Bonchev–Trinajstić information content (AvgIpc) is 2.81. The van der Waals surface area contributed by atoms with Crippen LogP contribution in [0.3, 0.4) is 0 Å². The van der Waals surface area contributed by atoms with E-state index >= 15 is 0 Å². The molecular weight excluding hydrogens is 252 g/mol. The number of carbonyl (C=O) groups is 1. The van der Waals surface area contributed by atoms with Crippen LogP contribution in [0.1, 0.15) is 11.6 Å². The van der Waals surface area contributed by atoms with E-state index in [0.717, 1.165) is 5.69 Å². The molecule has 6 nitrogen and oxygen atoms in total. The molecule has 2 rings (SSSR count). The lowest BCUT2D eigenvalue weighted by Crippen LogP contribution is -2.24. The Morgan fingerprint density at radius 2 is 2.33 bits per heavy atom. The topological polar surface area (TPSA) is 80.9 Å². The van der Waals surface area contributed by atoms with Crippen molar-refractivity contribution >= 4 is 17.7 Å². The van der Waals surface area contributed by atoms with Gasteiger partial charge in [0.1, 0.15) is 0 Å². The molecule has 18 heavy (non-hydrogen) atoms. The van der Waals surface area contributed by atoms with Gasteiger partial charge in [0.15, 0.2) is 0 Å². The smallest absolute Gasteiger partial charge is 0.277 e. The van der Waals surface area contributed by atoms with Gasteiger partial charge in [-0.3, -0.25) is 9.78 Å². The number of aryl methyl sites for hydroxylation is 1. The van der Waals surface area contributed by atoms with Crippen molar-refractivity contribution in [1.29, 1.82) is 0 Å². The number of thioether (sulfide) groups is 1. The molecule has 0 atom stereocenters. The lowest BCUT2D eigenvalue weighted by Gasteiger charge is -2.02. The first-order chi connectivity index (χ1) is 8.74. The monoisotopic (exact) mass is 264 g/mol. The Balaban J connectivity index is 1.73. The molecule has 2 aromatic rings. The zero-order chi connectivity index (χ0) is 12.8. The first-order valence-corrected chi connectivity index (χ1v) is 6.32. The molecule has 0 unspecified atom stereocenters. The highest BCUT2D eigenvalue weighted by Gasteiger charge is 2.07. The molecule has 7 heteroatoms. The highest BCUT2D eigenvalue weighted by Crippen LogP contribution is 2.14. The minimum Gasteiger partial charge on any atom is -0.416 e. The van der Waals surface area contributed by atoms with Crippen LogP contribution in [0.25, 0.3) is 0 Å². The summed E-state index contributed by atoms with van der Waals surface area (Å²) in [4.78, 5) is 15.7. The predicted octanol–water partition coefficient (Wildman–Crippen LogP) is 1.18. The van der Waals surface area contributed by atoms with Gasteiger partial charge in [0.2, 0.25) is 11.8 Å². The van der Waals surface area contributed by atoms with Crippen molar-refractivity contribution in [3.8, 4) is 0 Å². The molecular formula is C11H12N4O2S. The van der Waals surface area contributed by atoms with Gasteiger partial charge in [0, 0.05) is 13.1 Å². The molecule has 0 aromatic carbocycles. The van der Waals surface area contributed by atoms with E-state index in [0.29, 0.717) is 17.7 Å². The van der Waals surface area contributed by atoms with Gasteiger partial charge in [0.25, 0.3) is 5.22 Å². The summed E-state index contributed by atoms with van der Waals surface area (Å²) in [5.41, 5.74) is 0.824. The van der Waals surface area contributed by atoms with Crippen LogP contribution in [0.15, 0.2) is 34.0 Å². The van der Waals surface area contributed by atoms with Crippen LogP contribution in [-0.4, -0.2) is 26.8 Å². The van der Waals surface area contributed by atoms with Crippen molar-refractivity contribution < 1.29 is 9.21 Å². The van der Waals surface area contributed by atoms with Crippen LogP contribution in [0.5, 0.6) is 0 Å². The first kappa shape index (κ1) is 12.6. The average molecular weight is 264 g/mol. The number of amides is 1. The van der Waals surface area contributed by atoms with Crippen molar-refractivity contribution in [3.63, 3.8) is 0 Å². The highest BCUT2D eigenvalue weighted by molar-refractivity contribution is 7.99. The van der Waals surface area contributed by atoms with Crippen LogP contribution in [0.4, 0.5) is 0 Å². The van der Waals surface area contributed by atoms with Crippen molar-refractivity contribution in [2.75, 3.05) is 5.75 Å².